The van der Waals surface area contributed by atoms with Crippen LogP contribution in [-0.4, -0.2) is 30.3 Å². The van der Waals surface area contributed by atoms with Gasteiger partial charge in [-0.05, 0) is 6.92 Å². The first-order valence-electron chi connectivity index (χ1n) is 4.31. The molecule has 3 fully saturated rings. The van der Waals surface area contributed by atoms with Gasteiger partial charge in [-0.1, -0.05) is 0 Å². The Labute approximate surface area is 61.8 Å². The van der Waals surface area contributed by atoms with E-state index in [-0.39, 0.29) is 6.10 Å². The lowest BCUT2D eigenvalue weighted by atomic mass is 9.81. The second kappa shape index (κ2) is 2.21. The molecule has 3 saturated heterocycles. The van der Waals surface area contributed by atoms with Crippen LogP contribution < -0.4 is 4.90 Å². The van der Waals surface area contributed by atoms with Crippen LogP contribution in [-0.2, 0) is 0 Å². The van der Waals surface area contributed by atoms with Crippen molar-refractivity contribution in [2.24, 2.45) is 5.92 Å². The molecule has 0 aromatic heterocycles. The average Bonchev–Trinajstić information content (AvgIpc) is 2.00. The summed E-state index contributed by atoms with van der Waals surface area (Å²) in [5, 5.41) is 9.65. The third-order valence-electron chi connectivity index (χ3n) is 3.31. The molecular weight excluding hydrogens is 126 g/mol. The molecule has 0 amide bonds. The van der Waals surface area contributed by atoms with Gasteiger partial charge in [0.1, 0.15) is 12.1 Å². The summed E-state index contributed by atoms with van der Waals surface area (Å²) in [5.41, 5.74) is 0. The molecule has 3 heterocycles. The molecule has 58 valence electrons. The third kappa shape index (κ3) is 0.789. The summed E-state index contributed by atoms with van der Waals surface area (Å²) in [6, 6.07) is 0.507. The molecule has 0 spiro atoms. The predicted molar refractivity (Wildman–Crippen MR) is 38.9 cm³/mol. The molecule has 2 atom stereocenters. The fraction of sp³-hybridized carbons (Fsp3) is 1.00. The first-order valence-corrected chi connectivity index (χ1v) is 4.31. The zero-order valence-electron chi connectivity index (χ0n) is 6.51. The molecule has 0 unspecified atom stereocenters. The molecule has 2 bridgehead atoms. The van der Waals surface area contributed by atoms with Gasteiger partial charge in [-0.3, -0.25) is 0 Å². The van der Waals surface area contributed by atoms with E-state index < -0.39 is 0 Å². The van der Waals surface area contributed by atoms with Gasteiger partial charge in [0, 0.05) is 18.8 Å². The number of hydrogen-bond donors (Lipinski definition) is 2. The molecule has 2 N–H and O–H groups in total. The minimum atomic E-state index is -0.00231. The van der Waals surface area contributed by atoms with Crippen LogP contribution in [0.1, 0.15) is 19.8 Å². The van der Waals surface area contributed by atoms with E-state index in [0.29, 0.717) is 12.0 Å². The highest BCUT2D eigenvalue weighted by atomic mass is 16.3. The van der Waals surface area contributed by atoms with Gasteiger partial charge in [-0.15, -0.1) is 0 Å². The van der Waals surface area contributed by atoms with Crippen LogP contribution >= 0.6 is 0 Å². The first-order chi connectivity index (χ1) is 4.79. The maximum Gasteiger partial charge on any atom is 0.111 e. The summed E-state index contributed by atoms with van der Waals surface area (Å²) in [4.78, 5) is 1.62. The summed E-state index contributed by atoms with van der Waals surface area (Å²) in [7, 11) is 0. The fourth-order valence-electron chi connectivity index (χ4n) is 2.46. The average molecular weight is 142 g/mol. The zero-order valence-corrected chi connectivity index (χ0v) is 6.51. The fourth-order valence-corrected chi connectivity index (χ4v) is 2.46. The number of rotatable bonds is 0. The maximum absolute atomic E-state index is 9.65. The Hall–Kier alpha value is -0.0800. The largest absolute Gasteiger partial charge is 0.387 e. The number of fused-ring (bicyclic) bond motifs is 3. The number of aliphatic hydroxyl groups is 1. The minimum Gasteiger partial charge on any atom is -0.387 e. The molecule has 2 nitrogen and oxygen atoms in total. The predicted octanol–water partition coefficient (Wildman–Crippen LogP) is -0.956. The van der Waals surface area contributed by atoms with E-state index in [2.05, 4.69) is 6.92 Å². The topological polar surface area (TPSA) is 24.7 Å². The highest BCUT2D eigenvalue weighted by Gasteiger charge is 2.41. The summed E-state index contributed by atoms with van der Waals surface area (Å²) >= 11 is 0. The number of aliphatic hydroxyl groups excluding tert-OH is 1. The van der Waals surface area contributed by atoms with Crippen molar-refractivity contribution in [3.8, 4) is 0 Å². The minimum absolute atomic E-state index is 0.00231. The van der Waals surface area contributed by atoms with Crippen molar-refractivity contribution in [3.63, 3.8) is 0 Å². The first kappa shape index (κ1) is 6.62. The van der Waals surface area contributed by atoms with E-state index >= 15 is 0 Å². The Kier molecular flexibility index (Phi) is 1.46. The quantitative estimate of drug-likeness (QED) is 0.447. The second-order valence-corrected chi connectivity index (χ2v) is 3.77. The summed E-state index contributed by atoms with van der Waals surface area (Å²) < 4.78 is 0. The number of quaternary nitrogens is 1. The molecular formula is C8H16NO+. The summed E-state index contributed by atoms with van der Waals surface area (Å²) in [6.45, 7) is 4.76. The van der Waals surface area contributed by atoms with Gasteiger partial charge in [0.05, 0.1) is 13.1 Å². The van der Waals surface area contributed by atoms with Gasteiger partial charge >= 0.3 is 0 Å². The Morgan fingerprint density at radius 1 is 1.30 bits per heavy atom. The second-order valence-electron chi connectivity index (χ2n) is 3.77. The van der Waals surface area contributed by atoms with E-state index in [1.807, 2.05) is 0 Å². The Morgan fingerprint density at radius 3 is 2.20 bits per heavy atom. The van der Waals surface area contributed by atoms with E-state index in [9.17, 15) is 5.11 Å². The van der Waals surface area contributed by atoms with Crippen LogP contribution in [0.3, 0.4) is 0 Å². The van der Waals surface area contributed by atoms with Crippen molar-refractivity contribution in [1.29, 1.82) is 0 Å². The molecule has 3 aliphatic heterocycles. The number of hydrogen-bond acceptors (Lipinski definition) is 1. The van der Waals surface area contributed by atoms with Crippen molar-refractivity contribution in [1.82, 2.24) is 0 Å². The Bertz CT molecular complexity index is 109. The van der Waals surface area contributed by atoms with Gasteiger partial charge < -0.3 is 10.0 Å². The van der Waals surface area contributed by atoms with Crippen molar-refractivity contribution in [2.75, 3.05) is 13.1 Å². The normalized spacial score (nSPS) is 53.4. The molecule has 0 saturated carbocycles. The molecule has 0 aromatic rings. The molecule has 3 rings (SSSR count). The molecule has 3 aliphatic rings. The Morgan fingerprint density at radius 2 is 1.90 bits per heavy atom. The SMILES string of the molecule is C[C@@H]1[C@@H](O)C2CC[NH+]1CC2. The van der Waals surface area contributed by atoms with Crippen molar-refractivity contribution in [2.45, 2.75) is 31.9 Å². The maximum atomic E-state index is 9.65. The van der Waals surface area contributed by atoms with Crippen LogP contribution in [0.25, 0.3) is 0 Å². The zero-order chi connectivity index (χ0) is 7.14. The smallest absolute Gasteiger partial charge is 0.111 e. The van der Waals surface area contributed by atoms with Crippen molar-refractivity contribution in [3.05, 3.63) is 0 Å². The number of nitrogens with one attached hydrogen (secondary N) is 1. The third-order valence-corrected chi connectivity index (χ3v) is 3.31. The van der Waals surface area contributed by atoms with E-state index in [1.54, 1.807) is 4.90 Å². The lowest BCUT2D eigenvalue weighted by Gasteiger charge is -2.44. The highest BCUT2D eigenvalue weighted by molar-refractivity contribution is 4.80. The monoisotopic (exact) mass is 142 g/mol. The molecule has 0 radical (unpaired) electrons. The van der Waals surface area contributed by atoms with Gasteiger partial charge in [-0.25, -0.2) is 0 Å². The van der Waals surface area contributed by atoms with E-state index in [4.69, 9.17) is 0 Å². The molecule has 10 heavy (non-hydrogen) atoms. The lowest BCUT2D eigenvalue weighted by Crippen LogP contribution is -3.19. The van der Waals surface area contributed by atoms with Gasteiger partial charge in [0.25, 0.3) is 0 Å². The van der Waals surface area contributed by atoms with Crippen LogP contribution in [0.4, 0.5) is 0 Å². The lowest BCUT2D eigenvalue weighted by molar-refractivity contribution is -0.944. The summed E-state index contributed by atoms with van der Waals surface area (Å²) in [5.74, 6) is 0.632. The van der Waals surface area contributed by atoms with Gasteiger partial charge in [0.2, 0.25) is 0 Å². The van der Waals surface area contributed by atoms with Crippen LogP contribution in [0.15, 0.2) is 0 Å². The van der Waals surface area contributed by atoms with E-state index in [0.717, 1.165) is 0 Å². The number of piperidine rings is 3. The molecule has 0 aliphatic carbocycles. The highest BCUT2D eigenvalue weighted by Crippen LogP contribution is 2.21. The van der Waals surface area contributed by atoms with Crippen LogP contribution in [0.2, 0.25) is 0 Å². The van der Waals surface area contributed by atoms with Crippen LogP contribution in [0.5, 0.6) is 0 Å². The standard InChI is InChI=1S/C8H15NO/c1-6-8(10)7-2-4-9(6)5-3-7/h6-8,10H,2-5H2,1H3/p+1/t6-,8-/m1/s1. The van der Waals surface area contributed by atoms with Gasteiger partial charge in [0.15, 0.2) is 0 Å². The summed E-state index contributed by atoms with van der Waals surface area (Å²) in [6.07, 6.45) is 2.50. The Balaban J connectivity index is 2.13. The van der Waals surface area contributed by atoms with E-state index in [1.165, 1.54) is 25.9 Å². The van der Waals surface area contributed by atoms with Crippen molar-refractivity contribution >= 4 is 0 Å². The van der Waals surface area contributed by atoms with Crippen LogP contribution in [0, 0.1) is 5.92 Å². The molecule has 2 heteroatoms. The van der Waals surface area contributed by atoms with Crippen molar-refractivity contribution < 1.29 is 10.0 Å². The van der Waals surface area contributed by atoms with Gasteiger partial charge in [-0.2, -0.15) is 0 Å². The molecule has 0 aromatic carbocycles.